The van der Waals surface area contributed by atoms with Gasteiger partial charge in [-0.1, -0.05) is 24.0 Å². The number of hydrogen-bond donors (Lipinski definition) is 2. The lowest BCUT2D eigenvalue weighted by Crippen LogP contribution is -2.29. The topological polar surface area (TPSA) is 93.9 Å². The summed E-state index contributed by atoms with van der Waals surface area (Å²) < 4.78 is 52.6. The molecule has 1 aromatic heterocycles. The molecule has 12 heteroatoms. The van der Waals surface area contributed by atoms with Gasteiger partial charge in [0.05, 0.1) is 13.0 Å². The maximum Gasteiger partial charge on any atom is 0.422 e. The molecule has 2 rings (SSSR count). The summed E-state index contributed by atoms with van der Waals surface area (Å²) in [4.78, 5) is 23.4. The summed E-state index contributed by atoms with van der Waals surface area (Å²) in [5.74, 6) is -0.791. The molecule has 0 bridgehead atoms. The molecule has 148 valence electrons. The van der Waals surface area contributed by atoms with Crippen LogP contribution in [0.25, 0.3) is 11.0 Å². The number of halogens is 3. The Morgan fingerprint density at radius 1 is 1.37 bits per heavy atom. The van der Waals surface area contributed by atoms with Gasteiger partial charge in [-0.05, 0) is 19.1 Å². The van der Waals surface area contributed by atoms with Crippen molar-refractivity contribution in [3.8, 4) is 5.75 Å². The van der Waals surface area contributed by atoms with E-state index >= 15 is 0 Å². The Kier molecular flexibility index (Phi) is 6.77. The molecule has 0 spiro atoms. The molecule has 27 heavy (non-hydrogen) atoms. The van der Waals surface area contributed by atoms with Crippen molar-refractivity contribution in [3.63, 3.8) is 0 Å². The highest BCUT2D eigenvalue weighted by atomic mass is 32.1. The highest BCUT2D eigenvalue weighted by molar-refractivity contribution is 7.78. The molecule has 2 amide bonds. The lowest BCUT2D eigenvalue weighted by molar-refractivity contribution is -0.153. The summed E-state index contributed by atoms with van der Waals surface area (Å²) in [5, 5.41) is 6.05. The Bertz CT molecular complexity index is 812. The van der Waals surface area contributed by atoms with E-state index in [0.717, 1.165) is 4.31 Å². The van der Waals surface area contributed by atoms with E-state index in [1.807, 2.05) is 0 Å². The number of ether oxygens (including phenoxy) is 2. The van der Waals surface area contributed by atoms with Crippen molar-refractivity contribution in [2.75, 3.05) is 25.1 Å². The second-order valence-electron chi connectivity index (χ2n) is 5.17. The second-order valence-corrected chi connectivity index (χ2v) is 5.66. The van der Waals surface area contributed by atoms with Gasteiger partial charge in [-0.15, -0.1) is 0 Å². The van der Waals surface area contributed by atoms with Gasteiger partial charge < -0.3 is 14.0 Å². The van der Waals surface area contributed by atoms with Gasteiger partial charge in [0.25, 0.3) is 0 Å². The van der Waals surface area contributed by atoms with E-state index in [4.69, 9.17) is 14.0 Å². The number of nitrogens with zero attached hydrogens (tertiary/aromatic N) is 2. The Morgan fingerprint density at radius 2 is 2.11 bits per heavy atom. The SMILES string of the molecule is CCOC(=O)CCN(S)C(=O)Nc1noc2cccc(OCC(F)(F)F)c12. The highest BCUT2D eigenvalue weighted by Crippen LogP contribution is 2.33. The number of thiol groups is 1. The molecule has 0 aliphatic carbocycles. The maximum absolute atomic E-state index is 12.4. The largest absolute Gasteiger partial charge is 0.483 e. The van der Waals surface area contributed by atoms with Gasteiger partial charge in [0, 0.05) is 6.54 Å². The van der Waals surface area contributed by atoms with Crippen LogP contribution in [0.2, 0.25) is 0 Å². The molecule has 1 aromatic carbocycles. The number of anilines is 1. The number of alkyl halides is 3. The molecule has 0 saturated heterocycles. The van der Waals surface area contributed by atoms with Crippen LogP contribution < -0.4 is 10.1 Å². The van der Waals surface area contributed by atoms with Gasteiger partial charge in [-0.2, -0.15) is 13.2 Å². The third kappa shape index (κ3) is 5.94. The average molecular weight is 407 g/mol. The van der Waals surface area contributed by atoms with E-state index in [2.05, 4.69) is 23.3 Å². The minimum atomic E-state index is -4.53. The first-order chi connectivity index (χ1) is 12.7. The lowest BCUT2D eigenvalue weighted by atomic mass is 10.2. The number of aromatic nitrogens is 1. The predicted octanol–water partition coefficient (Wildman–Crippen LogP) is 3.40. The Balaban J connectivity index is 2.09. The number of rotatable bonds is 7. The van der Waals surface area contributed by atoms with Crippen molar-refractivity contribution in [3.05, 3.63) is 18.2 Å². The Morgan fingerprint density at radius 3 is 2.78 bits per heavy atom. The zero-order valence-corrected chi connectivity index (χ0v) is 15.0. The molecule has 0 atom stereocenters. The summed E-state index contributed by atoms with van der Waals surface area (Å²) in [6, 6.07) is 3.41. The molecule has 0 radical (unpaired) electrons. The smallest absolute Gasteiger partial charge is 0.422 e. The van der Waals surface area contributed by atoms with Crippen LogP contribution in [0.5, 0.6) is 5.75 Å². The number of nitrogens with one attached hydrogen (secondary N) is 1. The number of benzene rings is 1. The van der Waals surface area contributed by atoms with Gasteiger partial charge in [0.2, 0.25) is 0 Å². The standard InChI is InChI=1S/C15H16F3N3O5S/c1-2-24-11(22)6-7-21(27)14(23)19-13-12-9(25-8-15(16,17)18)4-3-5-10(12)26-20-13/h3-5,27H,2,6-8H2,1H3,(H,19,20,23). The number of amides is 2. The predicted molar refractivity (Wildman–Crippen MR) is 91.5 cm³/mol. The highest BCUT2D eigenvalue weighted by Gasteiger charge is 2.29. The normalized spacial score (nSPS) is 11.3. The third-order valence-corrected chi connectivity index (χ3v) is 3.53. The van der Waals surface area contributed by atoms with Crippen LogP contribution in [0.3, 0.4) is 0 Å². The Labute approximate surface area is 157 Å². The monoisotopic (exact) mass is 407 g/mol. The minimum absolute atomic E-state index is 0.0546. The quantitative estimate of drug-likeness (QED) is 0.540. The molecule has 8 nitrogen and oxygen atoms in total. The number of urea groups is 1. The van der Waals surface area contributed by atoms with Crippen LogP contribution in [-0.2, 0) is 9.53 Å². The fourth-order valence-electron chi connectivity index (χ4n) is 2.02. The van der Waals surface area contributed by atoms with Crippen molar-refractivity contribution in [2.24, 2.45) is 0 Å². The molecular weight excluding hydrogens is 391 g/mol. The number of carbonyl (C=O) groups excluding carboxylic acids is 2. The summed E-state index contributed by atoms with van der Waals surface area (Å²) >= 11 is 3.95. The van der Waals surface area contributed by atoms with Gasteiger partial charge in [-0.25, -0.2) is 4.79 Å². The molecule has 0 saturated carbocycles. The van der Waals surface area contributed by atoms with E-state index in [0.29, 0.717) is 0 Å². The molecule has 1 heterocycles. The third-order valence-electron chi connectivity index (χ3n) is 3.14. The van der Waals surface area contributed by atoms with E-state index < -0.39 is 24.8 Å². The molecule has 0 aliphatic heterocycles. The first kappa shape index (κ1) is 20.7. The van der Waals surface area contributed by atoms with Crippen LogP contribution >= 0.6 is 12.8 Å². The lowest BCUT2D eigenvalue weighted by Gasteiger charge is -2.15. The van der Waals surface area contributed by atoms with Gasteiger partial charge in [0.1, 0.15) is 11.1 Å². The van der Waals surface area contributed by atoms with Gasteiger partial charge in [-0.3, -0.25) is 14.4 Å². The summed E-state index contributed by atoms with van der Waals surface area (Å²) in [6.07, 6.45) is -4.61. The van der Waals surface area contributed by atoms with Crippen LogP contribution in [0.4, 0.5) is 23.8 Å². The molecular formula is C15H16F3N3O5S. The van der Waals surface area contributed by atoms with Crippen molar-refractivity contribution in [1.29, 1.82) is 0 Å². The summed E-state index contributed by atoms with van der Waals surface area (Å²) in [5.41, 5.74) is 0.127. The number of fused-ring (bicyclic) bond motifs is 1. The first-order valence-corrected chi connectivity index (χ1v) is 8.12. The fraction of sp³-hybridized carbons (Fsp3) is 0.400. The number of hydrogen-bond acceptors (Lipinski definition) is 7. The van der Waals surface area contributed by atoms with E-state index in [9.17, 15) is 22.8 Å². The zero-order valence-electron chi connectivity index (χ0n) is 14.1. The van der Waals surface area contributed by atoms with Crippen molar-refractivity contribution in [1.82, 2.24) is 9.46 Å². The molecule has 1 N–H and O–H groups in total. The van der Waals surface area contributed by atoms with Crippen LogP contribution in [0, 0.1) is 0 Å². The molecule has 2 aromatic rings. The summed E-state index contributed by atoms with van der Waals surface area (Å²) in [7, 11) is 0. The van der Waals surface area contributed by atoms with Gasteiger partial charge in [0.15, 0.2) is 18.0 Å². The van der Waals surface area contributed by atoms with E-state index in [1.54, 1.807) is 6.92 Å². The zero-order chi connectivity index (χ0) is 20.0. The average Bonchev–Trinajstić information content (AvgIpc) is 3.01. The fourth-order valence-corrected chi connectivity index (χ4v) is 2.17. The maximum atomic E-state index is 12.4. The second kappa shape index (κ2) is 8.84. The first-order valence-electron chi connectivity index (χ1n) is 7.72. The van der Waals surface area contributed by atoms with Crippen molar-refractivity contribution >= 4 is 41.6 Å². The van der Waals surface area contributed by atoms with Crippen LogP contribution in [0.15, 0.2) is 22.7 Å². The minimum Gasteiger partial charge on any atom is -0.483 e. The van der Waals surface area contributed by atoms with E-state index in [1.165, 1.54) is 18.2 Å². The molecule has 0 aliphatic rings. The van der Waals surface area contributed by atoms with Crippen molar-refractivity contribution < 1.29 is 36.8 Å². The van der Waals surface area contributed by atoms with E-state index in [-0.39, 0.29) is 42.1 Å². The summed E-state index contributed by atoms with van der Waals surface area (Å²) in [6.45, 7) is 0.296. The number of esters is 1. The van der Waals surface area contributed by atoms with Crippen LogP contribution in [-0.4, -0.2) is 47.4 Å². The number of carbonyl (C=O) groups is 2. The Hall–Kier alpha value is -2.63. The molecule has 0 fully saturated rings. The molecule has 0 unspecified atom stereocenters. The van der Waals surface area contributed by atoms with Gasteiger partial charge >= 0.3 is 18.2 Å². The van der Waals surface area contributed by atoms with Crippen molar-refractivity contribution in [2.45, 2.75) is 19.5 Å². The van der Waals surface area contributed by atoms with Crippen LogP contribution in [0.1, 0.15) is 13.3 Å².